The number of hydrogen-bond acceptors (Lipinski definition) is 3. The van der Waals surface area contributed by atoms with Crippen LogP contribution in [0.15, 0.2) is 24.3 Å². The van der Waals surface area contributed by atoms with Gasteiger partial charge in [-0.3, -0.25) is 4.79 Å². The smallest absolute Gasteiger partial charge is 0.250 e. The molecule has 0 saturated heterocycles. The first-order chi connectivity index (χ1) is 7.99. The fourth-order valence-electron chi connectivity index (χ4n) is 1.34. The summed E-state index contributed by atoms with van der Waals surface area (Å²) in [5.41, 5.74) is 7.51. The minimum absolute atomic E-state index is 0.0428. The molecule has 1 atom stereocenters. The van der Waals surface area contributed by atoms with Crippen molar-refractivity contribution in [2.45, 2.75) is 32.9 Å². The van der Waals surface area contributed by atoms with Gasteiger partial charge >= 0.3 is 0 Å². The van der Waals surface area contributed by atoms with Crippen LogP contribution in [-0.2, 0) is 9.53 Å². The van der Waals surface area contributed by atoms with Crippen molar-refractivity contribution in [3.8, 4) is 0 Å². The lowest BCUT2D eigenvalue weighted by molar-refractivity contribution is -0.121. The number of amides is 1. The van der Waals surface area contributed by atoms with E-state index < -0.39 is 0 Å². The maximum atomic E-state index is 11.5. The molecular weight excluding hydrogens is 216 g/mol. The highest BCUT2D eigenvalue weighted by atomic mass is 16.5. The number of carbonyl (C=O) groups is 1. The van der Waals surface area contributed by atoms with E-state index in [9.17, 15) is 4.79 Å². The van der Waals surface area contributed by atoms with Crippen LogP contribution in [0.3, 0.4) is 0 Å². The molecule has 0 aliphatic heterocycles. The quantitative estimate of drug-likeness (QED) is 0.822. The Labute approximate surface area is 102 Å². The van der Waals surface area contributed by atoms with Crippen LogP contribution in [0.4, 0.5) is 5.69 Å². The van der Waals surface area contributed by atoms with Gasteiger partial charge in [0, 0.05) is 11.7 Å². The van der Waals surface area contributed by atoms with E-state index in [1.807, 2.05) is 45.0 Å². The van der Waals surface area contributed by atoms with Gasteiger partial charge in [0.2, 0.25) is 5.91 Å². The van der Waals surface area contributed by atoms with Crippen LogP contribution in [0, 0.1) is 0 Å². The van der Waals surface area contributed by atoms with Crippen LogP contribution in [0.25, 0.3) is 0 Å². The van der Waals surface area contributed by atoms with E-state index >= 15 is 0 Å². The molecule has 0 heterocycles. The van der Waals surface area contributed by atoms with Gasteiger partial charge in [-0.15, -0.1) is 0 Å². The molecule has 4 nitrogen and oxygen atoms in total. The van der Waals surface area contributed by atoms with E-state index in [1.54, 1.807) is 0 Å². The molecule has 4 heteroatoms. The molecule has 17 heavy (non-hydrogen) atoms. The van der Waals surface area contributed by atoms with Crippen molar-refractivity contribution in [1.82, 2.24) is 0 Å². The SMILES string of the molecule is CC(C)OCC(=O)Nc1cccc(C(C)N)c1. The average molecular weight is 236 g/mol. The molecule has 1 unspecified atom stereocenters. The van der Waals surface area contributed by atoms with Gasteiger partial charge in [0.05, 0.1) is 6.10 Å². The second-order valence-corrected chi connectivity index (χ2v) is 4.32. The molecule has 0 spiro atoms. The lowest BCUT2D eigenvalue weighted by Crippen LogP contribution is -2.20. The van der Waals surface area contributed by atoms with Gasteiger partial charge < -0.3 is 15.8 Å². The first kappa shape index (κ1) is 13.7. The molecule has 0 aromatic heterocycles. The summed E-state index contributed by atoms with van der Waals surface area (Å²) in [7, 11) is 0. The Hall–Kier alpha value is -1.39. The Kier molecular flexibility index (Phi) is 5.12. The summed E-state index contributed by atoms with van der Waals surface area (Å²) in [6.45, 7) is 5.76. The Morgan fingerprint density at radius 1 is 1.41 bits per heavy atom. The predicted octanol–water partition coefficient (Wildman–Crippen LogP) is 2.07. The molecule has 0 fully saturated rings. The Bertz CT molecular complexity index is 375. The number of ether oxygens (including phenoxy) is 1. The topological polar surface area (TPSA) is 64.3 Å². The van der Waals surface area contributed by atoms with Gasteiger partial charge in [0.1, 0.15) is 6.61 Å². The average Bonchev–Trinajstić information content (AvgIpc) is 2.26. The number of benzene rings is 1. The van der Waals surface area contributed by atoms with Crippen molar-refractivity contribution < 1.29 is 9.53 Å². The minimum Gasteiger partial charge on any atom is -0.369 e. The first-order valence-electron chi connectivity index (χ1n) is 5.76. The molecule has 1 aromatic rings. The number of nitrogens with one attached hydrogen (secondary N) is 1. The number of hydrogen-bond donors (Lipinski definition) is 2. The fraction of sp³-hybridized carbons (Fsp3) is 0.462. The third-order valence-electron chi connectivity index (χ3n) is 2.24. The third-order valence-corrected chi connectivity index (χ3v) is 2.24. The highest BCUT2D eigenvalue weighted by Crippen LogP contribution is 2.15. The van der Waals surface area contributed by atoms with Crippen molar-refractivity contribution >= 4 is 11.6 Å². The van der Waals surface area contributed by atoms with Crippen LogP contribution in [0.2, 0.25) is 0 Å². The van der Waals surface area contributed by atoms with Crippen LogP contribution >= 0.6 is 0 Å². The minimum atomic E-state index is -0.152. The zero-order valence-electron chi connectivity index (χ0n) is 10.6. The normalized spacial score (nSPS) is 12.5. The van der Waals surface area contributed by atoms with E-state index in [2.05, 4.69) is 5.32 Å². The lowest BCUT2D eigenvalue weighted by Gasteiger charge is -2.10. The maximum absolute atomic E-state index is 11.5. The highest BCUT2D eigenvalue weighted by molar-refractivity contribution is 5.91. The number of nitrogens with two attached hydrogens (primary N) is 1. The second kappa shape index (κ2) is 6.37. The summed E-state index contributed by atoms with van der Waals surface area (Å²) < 4.78 is 5.22. The lowest BCUT2D eigenvalue weighted by atomic mass is 10.1. The van der Waals surface area contributed by atoms with Crippen LogP contribution < -0.4 is 11.1 Å². The van der Waals surface area contributed by atoms with Crippen molar-refractivity contribution in [3.63, 3.8) is 0 Å². The molecule has 1 aromatic carbocycles. The van der Waals surface area contributed by atoms with Gasteiger partial charge in [0.25, 0.3) is 0 Å². The molecule has 0 radical (unpaired) electrons. The molecule has 94 valence electrons. The van der Waals surface area contributed by atoms with E-state index in [4.69, 9.17) is 10.5 Å². The van der Waals surface area contributed by atoms with Crippen molar-refractivity contribution in [1.29, 1.82) is 0 Å². The van der Waals surface area contributed by atoms with Crippen molar-refractivity contribution in [2.75, 3.05) is 11.9 Å². The number of rotatable bonds is 5. The van der Waals surface area contributed by atoms with Crippen LogP contribution in [-0.4, -0.2) is 18.6 Å². The zero-order chi connectivity index (χ0) is 12.8. The zero-order valence-corrected chi connectivity index (χ0v) is 10.6. The van der Waals surface area contributed by atoms with Gasteiger partial charge in [-0.1, -0.05) is 12.1 Å². The van der Waals surface area contributed by atoms with Gasteiger partial charge in [-0.2, -0.15) is 0 Å². The Balaban J connectivity index is 2.56. The molecule has 0 aliphatic carbocycles. The summed E-state index contributed by atoms with van der Waals surface area (Å²) in [6, 6.07) is 7.47. The molecule has 3 N–H and O–H groups in total. The van der Waals surface area contributed by atoms with Gasteiger partial charge in [-0.05, 0) is 38.5 Å². The van der Waals surface area contributed by atoms with Crippen molar-refractivity contribution in [3.05, 3.63) is 29.8 Å². The fourth-order valence-corrected chi connectivity index (χ4v) is 1.34. The standard InChI is InChI=1S/C13H20N2O2/c1-9(2)17-8-13(16)15-12-6-4-5-11(7-12)10(3)14/h4-7,9-10H,8,14H2,1-3H3,(H,15,16). The molecule has 0 aliphatic rings. The second-order valence-electron chi connectivity index (χ2n) is 4.32. The van der Waals surface area contributed by atoms with Gasteiger partial charge in [0.15, 0.2) is 0 Å². The highest BCUT2D eigenvalue weighted by Gasteiger charge is 2.05. The summed E-state index contributed by atoms with van der Waals surface area (Å²) in [5.74, 6) is -0.152. The molecule has 1 amide bonds. The predicted molar refractivity (Wildman–Crippen MR) is 68.8 cm³/mol. The van der Waals surface area contributed by atoms with Crippen LogP contribution in [0.5, 0.6) is 0 Å². The third kappa shape index (κ3) is 4.97. The van der Waals surface area contributed by atoms with E-state index in [0.717, 1.165) is 11.3 Å². The van der Waals surface area contributed by atoms with E-state index in [-0.39, 0.29) is 24.7 Å². The Morgan fingerprint density at radius 2 is 2.12 bits per heavy atom. The molecule has 1 rings (SSSR count). The van der Waals surface area contributed by atoms with Crippen molar-refractivity contribution in [2.24, 2.45) is 5.73 Å². The maximum Gasteiger partial charge on any atom is 0.250 e. The molecule has 0 bridgehead atoms. The number of carbonyl (C=O) groups excluding carboxylic acids is 1. The van der Waals surface area contributed by atoms with E-state index in [1.165, 1.54) is 0 Å². The molecular formula is C13H20N2O2. The number of anilines is 1. The summed E-state index contributed by atoms with van der Waals surface area (Å²) in [4.78, 5) is 11.5. The largest absolute Gasteiger partial charge is 0.369 e. The van der Waals surface area contributed by atoms with Crippen LogP contribution in [0.1, 0.15) is 32.4 Å². The monoisotopic (exact) mass is 236 g/mol. The Morgan fingerprint density at radius 3 is 2.71 bits per heavy atom. The summed E-state index contributed by atoms with van der Waals surface area (Å²) in [6.07, 6.45) is 0.0520. The van der Waals surface area contributed by atoms with E-state index in [0.29, 0.717) is 0 Å². The first-order valence-corrected chi connectivity index (χ1v) is 5.76. The molecule has 0 saturated carbocycles. The summed E-state index contributed by atoms with van der Waals surface area (Å²) >= 11 is 0. The summed E-state index contributed by atoms with van der Waals surface area (Å²) in [5, 5.41) is 2.77. The van der Waals surface area contributed by atoms with Gasteiger partial charge in [-0.25, -0.2) is 0 Å².